The molecular formula is C14H16Cl3N3O. The number of amides is 1. The number of nitrogens with one attached hydrogen (secondary N) is 1. The van der Waals surface area contributed by atoms with Gasteiger partial charge in [0, 0.05) is 24.1 Å². The highest BCUT2D eigenvalue weighted by Gasteiger charge is 2.33. The molecule has 0 fully saturated rings. The first-order valence-electron chi connectivity index (χ1n) is 6.22. The minimum Gasteiger partial charge on any atom is -0.370 e. The van der Waals surface area contributed by atoms with Crippen LogP contribution in [0.2, 0.25) is 0 Å². The summed E-state index contributed by atoms with van der Waals surface area (Å²) in [6.45, 7) is 0. The normalized spacial score (nSPS) is 24.0. The number of nitrogens with zero attached hydrogens (tertiary/aromatic N) is 1. The molecule has 1 aliphatic carbocycles. The Morgan fingerprint density at radius 1 is 1.48 bits per heavy atom. The number of rotatable bonds is 4. The van der Waals surface area contributed by atoms with Gasteiger partial charge in [0.1, 0.15) is 4.87 Å². The predicted molar refractivity (Wildman–Crippen MR) is 89.7 cm³/mol. The fraction of sp³-hybridized carbons (Fsp3) is 0.286. The maximum Gasteiger partial charge on any atom is 0.217 e. The molecule has 0 radical (unpaired) electrons. The van der Waals surface area contributed by atoms with Crippen molar-refractivity contribution in [2.45, 2.75) is 24.1 Å². The molecule has 2 rings (SSSR count). The molecule has 0 aromatic rings. The molecule has 4 nitrogen and oxygen atoms in total. The van der Waals surface area contributed by atoms with Gasteiger partial charge in [0.05, 0.1) is 5.70 Å². The van der Waals surface area contributed by atoms with Gasteiger partial charge in [0.2, 0.25) is 5.91 Å². The number of halogens is 3. The number of carbonyl (C=O) groups excluding carboxylic acids is 1. The average Bonchev–Trinajstić information content (AvgIpc) is 2.67. The molecule has 1 aliphatic heterocycles. The number of hydrogen-bond acceptors (Lipinski definition) is 3. The summed E-state index contributed by atoms with van der Waals surface area (Å²) >= 11 is 12.9. The van der Waals surface area contributed by atoms with Crippen LogP contribution in [0.3, 0.4) is 0 Å². The number of allylic oxidation sites excluding steroid dienone is 7. The van der Waals surface area contributed by atoms with Crippen molar-refractivity contribution < 1.29 is 4.79 Å². The fourth-order valence-electron chi connectivity index (χ4n) is 2.00. The predicted octanol–water partition coefficient (Wildman–Crippen LogP) is 3.13. The molecule has 0 spiro atoms. The standard InChI is InChI=1S/C14H15Cl2N3O.ClH/c15-11-9-14(16,12-3-1-2-8-18-19-12)7-6-10(11)4-5-13(17)20;/h1-3,6-8,19H,4-5,9H2,(H2,17,20);1H. The van der Waals surface area contributed by atoms with Gasteiger partial charge >= 0.3 is 0 Å². The molecule has 0 aromatic heterocycles. The van der Waals surface area contributed by atoms with Crippen molar-refractivity contribution >= 4 is 47.7 Å². The second-order valence-electron chi connectivity index (χ2n) is 4.62. The molecule has 0 bridgehead atoms. The van der Waals surface area contributed by atoms with Crippen LogP contribution < -0.4 is 11.2 Å². The summed E-state index contributed by atoms with van der Waals surface area (Å²) in [6.07, 6.45) is 12.1. The van der Waals surface area contributed by atoms with Crippen LogP contribution in [-0.2, 0) is 4.79 Å². The highest BCUT2D eigenvalue weighted by atomic mass is 35.5. The second-order valence-corrected chi connectivity index (χ2v) is 5.75. The molecule has 21 heavy (non-hydrogen) atoms. The van der Waals surface area contributed by atoms with Gasteiger partial charge in [-0.05, 0) is 24.1 Å². The zero-order valence-electron chi connectivity index (χ0n) is 11.2. The van der Waals surface area contributed by atoms with Crippen molar-refractivity contribution in [3.05, 3.63) is 46.7 Å². The van der Waals surface area contributed by atoms with Crippen LogP contribution in [-0.4, -0.2) is 17.0 Å². The van der Waals surface area contributed by atoms with E-state index in [2.05, 4.69) is 10.5 Å². The van der Waals surface area contributed by atoms with Crippen LogP contribution >= 0.6 is 35.6 Å². The van der Waals surface area contributed by atoms with Crippen LogP contribution in [0, 0.1) is 0 Å². The molecule has 7 heteroatoms. The number of hydrogen-bond donors (Lipinski definition) is 2. The summed E-state index contributed by atoms with van der Waals surface area (Å²) in [5, 5.41) is 4.65. The Kier molecular flexibility index (Phi) is 6.52. The molecule has 1 heterocycles. The van der Waals surface area contributed by atoms with Crippen molar-refractivity contribution in [2.75, 3.05) is 0 Å². The number of hydrazone groups is 1. The first kappa shape index (κ1) is 17.8. The number of primary amides is 1. The third kappa shape index (κ3) is 4.63. The molecule has 1 unspecified atom stereocenters. The van der Waals surface area contributed by atoms with E-state index in [9.17, 15) is 4.79 Å². The Morgan fingerprint density at radius 2 is 2.24 bits per heavy atom. The second kappa shape index (κ2) is 7.69. The van der Waals surface area contributed by atoms with E-state index < -0.39 is 4.87 Å². The fourth-order valence-corrected chi connectivity index (χ4v) is 2.74. The molecule has 1 amide bonds. The Labute approximate surface area is 139 Å². The van der Waals surface area contributed by atoms with E-state index >= 15 is 0 Å². The lowest BCUT2D eigenvalue weighted by Crippen LogP contribution is -2.30. The minimum atomic E-state index is -0.751. The largest absolute Gasteiger partial charge is 0.370 e. The van der Waals surface area contributed by atoms with E-state index in [0.29, 0.717) is 17.9 Å². The van der Waals surface area contributed by atoms with E-state index in [-0.39, 0.29) is 24.7 Å². The van der Waals surface area contributed by atoms with Crippen LogP contribution in [0.4, 0.5) is 0 Å². The van der Waals surface area contributed by atoms with E-state index in [1.807, 2.05) is 30.4 Å². The number of alkyl halides is 1. The lowest BCUT2D eigenvalue weighted by molar-refractivity contribution is -0.117. The third-order valence-electron chi connectivity index (χ3n) is 3.12. The molecule has 0 saturated carbocycles. The summed E-state index contributed by atoms with van der Waals surface area (Å²) in [4.78, 5) is 10.1. The van der Waals surface area contributed by atoms with Crippen molar-refractivity contribution in [2.24, 2.45) is 10.8 Å². The van der Waals surface area contributed by atoms with E-state index in [0.717, 1.165) is 11.3 Å². The maximum absolute atomic E-state index is 10.8. The van der Waals surface area contributed by atoms with Gasteiger partial charge in [-0.25, -0.2) is 0 Å². The third-order valence-corrected chi connectivity index (χ3v) is 3.96. The van der Waals surface area contributed by atoms with Gasteiger partial charge in [0.25, 0.3) is 0 Å². The van der Waals surface area contributed by atoms with Crippen LogP contribution in [0.5, 0.6) is 0 Å². The first-order valence-corrected chi connectivity index (χ1v) is 6.97. The van der Waals surface area contributed by atoms with Crippen LogP contribution in [0.15, 0.2) is 51.8 Å². The van der Waals surface area contributed by atoms with E-state index in [1.54, 1.807) is 6.21 Å². The maximum atomic E-state index is 10.8. The van der Waals surface area contributed by atoms with Crippen molar-refractivity contribution in [1.29, 1.82) is 0 Å². The van der Waals surface area contributed by atoms with E-state index in [4.69, 9.17) is 28.9 Å². The summed E-state index contributed by atoms with van der Waals surface area (Å²) in [6, 6.07) is 0. The van der Waals surface area contributed by atoms with Crippen molar-refractivity contribution in [3.63, 3.8) is 0 Å². The van der Waals surface area contributed by atoms with Crippen LogP contribution in [0.25, 0.3) is 0 Å². The van der Waals surface area contributed by atoms with Crippen molar-refractivity contribution in [1.82, 2.24) is 5.43 Å². The first-order chi connectivity index (χ1) is 9.51. The quantitative estimate of drug-likeness (QED) is 0.766. The van der Waals surface area contributed by atoms with Gasteiger partial charge < -0.3 is 5.73 Å². The van der Waals surface area contributed by atoms with E-state index in [1.165, 1.54) is 0 Å². The Morgan fingerprint density at radius 3 is 2.90 bits per heavy atom. The topological polar surface area (TPSA) is 67.5 Å². The Hall–Kier alpha value is -1.23. The van der Waals surface area contributed by atoms with Gasteiger partial charge in [-0.15, -0.1) is 24.0 Å². The summed E-state index contributed by atoms with van der Waals surface area (Å²) < 4.78 is 0. The smallest absolute Gasteiger partial charge is 0.217 e. The average molecular weight is 349 g/mol. The minimum absolute atomic E-state index is 0. The lowest BCUT2D eigenvalue weighted by Gasteiger charge is -2.29. The summed E-state index contributed by atoms with van der Waals surface area (Å²) in [7, 11) is 0. The molecule has 1 atom stereocenters. The van der Waals surface area contributed by atoms with Gasteiger partial charge in [-0.2, -0.15) is 5.10 Å². The van der Waals surface area contributed by atoms with Gasteiger partial charge in [-0.1, -0.05) is 29.8 Å². The summed E-state index contributed by atoms with van der Waals surface area (Å²) in [5.41, 5.74) is 9.71. The molecular weight excluding hydrogens is 333 g/mol. The zero-order chi connectivity index (χ0) is 14.6. The lowest BCUT2D eigenvalue weighted by atomic mass is 9.90. The van der Waals surface area contributed by atoms with Gasteiger partial charge in [-0.3, -0.25) is 10.2 Å². The monoisotopic (exact) mass is 347 g/mol. The highest BCUT2D eigenvalue weighted by molar-refractivity contribution is 6.33. The number of carbonyl (C=O) groups is 1. The Balaban J connectivity index is 0.00000220. The SMILES string of the molecule is Cl.NC(=O)CCC1=C(Cl)CC(Cl)(C2=CC=CC=NN2)C=C1. The highest BCUT2D eigenvalue weighted by Crippen LogP contribution is 2.40. The molecule has 0 aromatic carbocycles. The number of nitrogens with two attached hydrogens (primary N) is 1. The van der Waals surface area contributed by atoms with Gasteiger partial charge in [0.15, 0.2) is 0 Å². The Bertz CT molecular complexity index is 564. The molecule has 2 aliphatic rings. The zero-order valence-corrected chi connectivity index (χ0v) is 13.5. The van der Waals surface area contributed by atoms with Crippen molar-refractivity contribution in [3.8, 4) is 0 Å². The molecule has 0 saturated heterocycles. The van der Waals surface area contributed by atoms with Crippen LogP contribution in [0.1, 0.15) is 19.3 Å². The summed E-state index contributed by atoms with van der Waals surface area (Å²) in [5.74, 6) is -0.342. The molecule has 114 valence electrons. The molecule has 3 N–H and O–H groups in total.